The molecule has 0 amide bonds. The van der Waals surface area contributed by atoms with E-state index in [0.29, 0.717) is 5.92 Å². The van der Waals surface area contributed by atoms with Crippen LogP contribution in [0.3, 0.4) is 0 Å². The number of nitrogens with zero attached hydrogens (tertiary/aromatic N) is 1. The fraction of sp³-hybridized carbons (Fsp3) is 0.429. The summed E-state index contributed by atoms with van der Waals surface area (Å²) in [5.74, 6) is 0.269. The van der Waals surface area contributed by atoms with Gasteiger partial charge in [0.15, 0.2) is 0 Å². The molecule has 0 aliphatic carbocycles. The maximum Gasteiger partial charge on any atom is 0.123 e. The summed E-state index contributed by atoms with van der Waals surface area (Å²) in [7, 11) is 0. The first-order valence-corrected chi connectivity index (χ1v) is 9.52. The average Bonchev–Trinajstić information content (AvgIpc) is 3.14. The molecule has 1 saturated heterocycles. The second-order valence-corrected chi connectivity index (χ2v) is 6.79. The fourth-order valence-electron chi connectivity index (χ4n) is 3.54. The minimum Gasteiger partial charge on any atom is -0.372 e. The van der Waals surface area contributed by atoms with Gasteiger partial charge in [-0.1, -0.05) is 30.3 Å². The van der Waals surface area contributed by atoms with E-state index < -0.39 is 0 Å². The molecule has 3 rings (SSSR count). The molecule has 1 fully saturated rings. The van der Waals surface area contributed by atoms with Gasteiger partial charge in [0.1, 0.15) is 5.82 Å². The molecule has 0 aromatic heterocycles. The first kappa shape index (κ1) is 18.8. The summed E-state index contributed by atoms with van der Waals surface area (Å²) in [6.45, 7) is 7.13. The highest BCUT2D eigenvalue weighted by Crippen LogP contribution is 2.24. The van der Waals surface area contributed by atoms with E-state index in [1.165, 1.54) is 17.8 Å². The van der Waals surface area contributed by atoms with E-state index in [4.69, 9.17) is 0 Å². The number of halogens is 1. The predicted octanol–water partition coefficient (Wildman–Crippen LogP) is 3.10. The van der Waals surface area contributed by atoms with Crippen LogP contribution in [0.2, 0.25) is 0 Å². The molecule has 2 aromatic rings. The van der Waals surface area contributed by atoms with E-state index in [-0.39, 0.29) is 11.9 Å². The van der Waals surface area contributed by atoms with Gasteiger partial charge >= 0.3 is 0 Å². The molecule has 4 nitrogen and oxygen atoms in total. The van der Waals surface area contributed by atoms with Crippen LogP contribution < -0.4 is 21.1 Å². The van der Waals surface area contributed by atoms with Crippen molar-refractivity contribution in [1.29, 1.82) is 0 Å². The van der Waals surface area contributed by atoms with Crippen molar-refractivity contribution >= 4 is 5.69 Å². The zero-order valence-electron chi connectivity index (χ0n) is 15.4. The Labute approximate surface area is 155 Å². The van der Waals surface area contributed by atoms with Crippen molar-refractivity contribution in [2.45, 2.75) is 19.4 Å². The third kappa shape index (κ3) is 5.04. The lowest BCUT2D eigenvalue weighted by atomic mass is 9.95. The lowest BCUT2D eigenvalue weighted by Gasteiger charge is -2.23. The molecule has 2 atom stereocenters. The molecule has 1 aliphatic heterocycles. The number of hydrogen-bond acceptors (Lipinski definition) is 4. The molecule has 26 heavy (non-hydrogen) atoms. The predicted molar refractivity (Wildman–Crippen MR) is 106 cm³/mol. The first-order chi connectivity index (χ1) is 12.8. The van der Waals surface area contributed by atoms with Crippen molar-refractivity contribution in [1.82, 2.24) is 16.2 Å². The smallest absolute Gasteiger partial charge is 0.123 e. The van der Waals surface area contributed by atoms with Gasteiger partial charge in [-0.3, -0.25) is 5.43 Å². The largest absolute Gasteiger partial charge is 0.372 e. The van der Waals surface area contributed by atoms with Crippen LogP contribution in [0, 0.1) is 11.7 Å². The van der Waals surface area contributed by atoms with Crippen LogP contribution in [0.1, 0.15) is 24.9 Å². The molecule has 0 bridgehead atoms. The van der Waals surface area contributed by atoms with Crippen LogP contribution in [0.4, 0.5) is 10.1 Å². The van der Waals surface area contributed by atoms with Gasteiger partial charge in [-0.15, -0.1) is 0 Å². The lowest BCUT2D eigenvalue weighted by molar-refractivity contribution is 0.440. The highest BCUT2D eigenvalue weighted by Gasteiger charge is 2.27. The van der Waals surface area contributed by atoms with Crippen LogP contribution in [0.5, 0.6) is 0 Å². The molecule has 0 radical (unpaired) electrons. The second kappa shape index (κ2) is 9.67. The zero-order chi connectivity index (χ0) is 18.2. The molecule has 5 heteroatoms. The van der Waals surface area contributed by atoms with Gasteiger partial charge in [-0.2, -0.15) is 0 Å². The number of benzene rings is 2. The quantitative estimate of drug-likeness (QED) is 0.604. The topological polar surface area (TPSA) is 39.3 Å². The summed E-state index contributed by atoms with van der Waals surface area (Å²) in [6, 6.07) is 17.6. The summed E-state index contributed by atoms with van der Waals surface area (Å²) in [5, 5.41) is 3.59. The van der Waals surface area contributed by atoms with Crippen molar-refractivity contribution in [2.24, 2.45) is 5.92 Å². The van der Waals surface area contributed by atoms with E-state index in [9.17, 15) is 4.39 Å². The lowest BCUT2D eigenvalue weighted by Crippen LogP contribution is -2.31. The number of anilines is 1. The van der Waals surface area contributed by atoms with Crippen LogP contribution in [-0.2, 0) is 0 Å². The number of para-hydroxylation sites is 1. The standard InChI is InChI=1S/C21H29FN4/c1-2-26(20-7-4-3-5-8-20)14-6-13-23-15-18-16-24-25-21(18)17-9-11-19(22)12-10-17/h3-5,7-12,18,21,23-25H,2,6,13-16H2,1H3. The Kier molecular flexibility index (Phi) is 7.00. The Morgan fingerprint density at radius 1 is 1.12 bits per heavy atom. The van der Waals surface area contributed by atoms with Crippen LogP contribution in [0.15, 0.2) is 54.6 Å². The van der Waals surface area contributed by atoms with E-state index in [0.717, 1.165) is 44.7 Å². The SMILES string of the molecule is CCN(CCCNCC1CNNC1c1ccc(F)cc1)c1ccccc1. The van der Waals surface area contributed by atoms with Gasteiger partial charge in [0, 0.05) is 37.8 Å². The van der Waals surface area contributed by atoms with Crippen molar-refractivity contribution in [2.75, 3.05) is 37.6 Å². The summed E-state index contributed by atoms with van der Waals surface area (Å²) >= 11 is 0. The third-order valence-corrected chi connectivity index (χ3v) is 5.01. The third-order valence-electron chi connectivity index (χ3n) is 5.01. The van der Waals surface area contributed by atoms with Gasteiger partial charge in [0.2, 0.25) is 0 Å². The van der Waals surface area contributed by atoms with Crippen LogP contribution in [0.25, 0.3) is 0 Å². The summed E-state index contributed by atoms with van der Waals surface area (Å²) in [5.41, 5.74) is 8.96. The Balaban J connectivity index is 1.41. The number of nitrogens with one attached hydrogen (secondary N) is 3. The molecule has 2 unspecified atom stereocenters. The van der Waals surface area contributed by atoms with Gasteiger partial charge in [0.25, 0.3) is 0 Å². The van der Waals surface area contributed by atoms with E-state index >= 15 is 0 Å². The molecular weight excluding hydrogens is 327 g/mol. The molecule has 2 aromatic carbocycles. The molecule has 1 heterocycles. The highest BCUT2D eigenvalue weighted by molar-refractivity contribution is 5.45. The maximum atomic E-state index is 13.1. The number of hydrogen-bond donors (Lipinski definition) is 3. The van der Waals surface area contributed by atoms with E-state index in [2.05, 4.69) is 58.3 Å². The van der Waals surface area contributed by atoms with Crippen molar-refractivity contribution in [3.05, 3.63) is 66.0 Å². The molecule has 3 N–H and O–H groups in total. The minimum absolute atomic E-state index is 0.187. The zero-order valence-corrected chi connectivity index (χ0v) is 15.4. The molecule has 0 saturated carbocycles. The van der Waals surface area contributed by atoms with Gasteiger partial charge < -0.3 is 10.2 Å². The summed E-state index contributed by atoms with van der Waals surface area (Å²) in [4.78, 5) is 2.40. The van der Waals surface area contributed by atoms with Crippen molar-refractivity contribution < 1.29 is 4.39 Å². The first-order valence-electron chi connectivity index (χ1n) is 9.52. The molecule has 1 aliphatic rings. The Bertz CT molecular complexity index is 647. The van der Waals surface area contributed by atoms with Crippen LogP contribution in [-0.4, -0.2) is 32.7 Å². The Morgan fingerprint density at radius 2 is 1.88 bits per heavy atom. The normalized spacial score (nSPS) is 19.6. The van der Waals surface area contributed by atoms with Crippen LogP contribution >= 0.6 is 0 Å². The van der Waals surface area contributed by atoms with Gasteiger partial charge in [-0.05, 0) is 49.7 Å². The molecule has 140 valence electrons. The van der Waals surface area contributed by atoms with Gasteiger partial charge in [-0.25, -0.2) is 9.82 Å². The molecular formula is C21H29FN4. The van der Waals surface area contributed by atoms with E-state index in [1.807, 2.05) is 12.1 Å². The summed E-state index contributed by atoms with van der Waals surface area (Å²) < 4.78 is 13.1. The van der Waals surface area contributed by atoms with Gasteiger partial charge in [0.05, 0.1) is 6.04 Å². The second-order valence-electron chi connectivity index (χ2n) is 6.79. The fourth-order valence-corrected chi connectivity index (χ4v) is 3.54. The highest BCUT2D eigenvalue weighted by atomic mass is 19.1. The Morgan fingerprint density at radius 3 is 2.62 bits per heavy atom. The molecule has 0 spiro atoms. The Hall–Kier alpha value is -1.95. The number of rotatable bonds is 9. The summed E-state index contributed by atoms with van der Waals surface area (Å²) in [6.07, 6.45) is 1.11. The maximum absolute atomic E-state index is 13.1. The van der Waals surface area contributed by atoms with E-state index in [1.54, 1.807) is 0 Å². The minimum atomic E-state index is -0.187. The van der Waals surface area contributed by atoms with Crippen molar-refractivity contribution in [3.8, 4) is 0 Å². The monoisotopic (exact) mass is 356 g/mol. The average molecular weight is 356 g/mol. The van der Waals surface area contributed by atoms with Crippen molar-refractivity contribution in [3.63, 3.8) is 0 Å². The number of hydrazine groups is 1.